The average Bonchev–Trinajstić information content (AvgIpc) is 2.40. The maximum absolute atomic E-state index is 5.08. The van der Waals surface area contributed by atoms with Gasteiger partial charge in [0.1, 0.15) is 0 Å². The van der Waals surface area contributed by atoms with Crippen LogP contribution in [0.5, 0.6) is 5.88 Å². The summed E-state index contributed by atoms with van der Waals surface area (Å²) in [7, 11) is 1.65. The molecule has 4 nitrogen and oxygen atoms in total. The number of rotatable bonds is 4. The van der Waals surface area contributed by atoms with Gasteiger partial charge in [0.25, 0.3) is 0 Å². The number of pyridine rings is 1. The zero-order valence-corrected chi connectivity index (χ0v) is 11.5. The second kappa shape index (κ2) is 6.16. The summed E-state index contributed by atoms with van der Waals surface area (Å²) in [6.45, 7) is 8.82. The van der Waals surface area contributed by atoms with Crippen LogP contribution in [0.25, 0.3) is 0 Å². The predicted molar refractivity (Wildman–Crippen MR) is 72.7 cm³/mol. The highest BCUT2D eigenvalue weighted by molar-refractivity contribution is 5.17. The quantitative estimate of drug-likeness (QED) is 0.878. The first kappa shape index (κ1) is 13.3. The molecule has 0 bridgehead atoms. The Hall–Kier alpha value is -1.13. The third-order valence-corrected chi connectivity index (χ3v) is 3.56. The third kappa shape index (κ3) is 3.21. The fourth-order valence-corrected chi connectivity index (χ4v) is 2.48. The molecule has 0 radical (unpaired) electrons. The van der Waals surface area contributed by atoms with Gasteiger partial charge in [0.05, 0.1) is 7.11 Å². The normalized spacial score (nSPS) is 21.2. The van der Waals surface area contributed by atoms with E-state index in [4.69, 9.17) is 4.74 Å². The topological polar surface area (TPSA) is 37.4 Å². The third-order valence-electron chi connectivity index (χ3n) is 3.56. The number of ether oxygens (including phenoxy) is 1. The lowest BCUT2D eigenvalue weighted by Gasteiger charge is -2.38. The van der Waals surface area contributed by atoms with E-state index < -0.39 is 0 Å². The number of methoxy groups -OCH3 is 1. The monoisotopic (exact) mass is 249 g/mol. The van der Waals surface area contributed by atoms with E-state index in [1.807, 2.05) is 12.3 Å². The summed E-state index contributed by atoms with van der Waals surface area (Å²) >= 11 is 0. The minimum absolute atomic E-state index is 0.612. The Bertz CT molecular complexity index is 364. The van der Waals surface area contributed by atoms with Crippen LogP contribution in [0.1, 0.15) is 19.4 Å². The van der Waals surface area contributed by atoms with Gasteiger partial charge in [0, 0.05) is 44.5 Å². The van der Waals surface area contributed by atoms with E-state index >= 15 is 0 Å². The van der Waals surface area contributed by atoms with Gasteiger partial charge in [-0.15, -0.1) is 0 Å². The molecule has 4 heteroatoms. The van der Waals surface area contributed by atoms with Crippen molar-refractivity contribution in [3.63, 3.8) is 0 Å². The summed E-state index contributed by atoms with van der Waals surface area (Å²) in [4.78, 5) is 6.81. The van der Waals surface area contributed by atoms with E-state index in [1.54, 1.807) is 7.11 Å². The van der Waals surface area contributed by atoms with Gasteiger partial charge in [-0.25, -0.2) is 4.98 Å². The van der Waals surface area contributed by atoms with E-state index in [2.05, 4.69) is 35.1 Å². The molecule has 2 rings (SSSR count). The molecule has 1 aliphatic rings. The largest absolute Gasteiger partial charge is 0.481 e. The number of hydrogen-bond donors (Lipinski definition) is 1. The van der Waals surface area contributed by atoms with Crippen LogP contribution < -0.4 is 10.1 Å². The molecule has 0 aromatic carbocycles. The van der Waals surface area contributed by atoms with Crippen LogP contribution in [0, 0.1) is 5.92 Å². The Morgan fingerprint density at radius 1 is 1.50 bits per heavy atom. The molecule has 0 aliphatic carbocycles. The zero-order chi connectivity index (χ0) is 13.0. The number of aromatic nitrogens is 1. The predicted octanol–water partition coefficient (Wildman–Crippen LogP) is 1.52. The molecular formula is C14H23N3O. The van der Waals surface area contributed by atoms with Crippen LogP contribution >= 0.6 is 0 Å². The molecule has 2 heterocycles. The first-order chi connectivity index (χ1) is 8.70. The molecule has 0 saturated carbocycles. The van der Waals surface area contributed by atoms with E-state index in [0.717, 1.165) is 26.2 Å². The van der Waals surface area contributed by atoms with Gasteiger partial charge in [-0.3, -0.25) is 4.90 Å². The lowest BCUT2D eigenvalue weighted by atomic mass is 10.00. The minimum Gasteiger partial charge on any atom is -0.481 e. The zero-order valence-electron chi connectivity index (χ0n) is 11.5. The van der Waals surface area contributed by atoms with E-state index in [-0.39, 0.29) is 0 Å². The molecule has 1 saturated heterocycles. The Morgan fingerprint density at radius 2 is 2.33 bits per heavy atom. The van der Waals surface area contributed by atoms with Crippen LogP contribution in [0.15, 0.2) is 18.3 Å². The van der Waals surface area contributed by atoms with Gasteiger partial charge in [-0.05, 0) is 11.5 Å². The molecule has 1 aliphatic heterocycles. The Morgan fingerprint density at radius 3 is 2.94 bits per heavy atom. The molecule has 1 unspecified atom stereocenters. The molecule has 0 spiro atoms. The average molecular weight is 249 g/mol. The van der Waals surface area contributed by atoms with Crippen LogP contribution in [0.3, 0.4) is 0 Å². The summed E-state index contributed by atoms with van der Waals surface area (Å²) in [6, 6.07) is 4.65. The minimum atomic E-state index is 0.612. The molecule has 100 valence electrons. The highest BCUT2D eigenvalue weighted by Gasteiger charge is 2.24. The van der Waals surface area contributed by atoms with E-state index in [1.165, 1.54) is 5.56 Å². The second-order valence-corrected chi connectivity index (χ2v) is 5.19. The van der Waals surface area contributed by atoms with Crippen molar-refractivity contribution >= 4 is 0 Å². The summed E-state index contributed by atoms with van der Waals surface area (Å²) in [5.41, 5.74) is 1.25. The maximum Gasteiger partial charge on any atom is 0.212 e. The molecule has 1 aromatic rings. The van der Waals surface area contributed by atoms with Gasteiger partial charge in [0.15, 0.2) is 0 Å². The number of piperazine rings is 1. The Balaban J connectivity index is 2.01. The highest BCUT2D eigenvalue weighted by atomic mass is 16.5. The first-order valence-electron chi connectivity index (χ1n) is 6.64. The van der Waals surface area contributed by atoms with Crippen molar-refractivity contribution in [2.24, 2.45) is 5.92 Å². The van der Waals surface area contributed by atoms with Crippen molar-refractivity contribution in [2.45, 2.75) is 26.4 Å². The van der Waals surface area contributed by atoms with Crippen LogP contribution in [0.2, 0.25) is 0 Å². The summed E-state index contributed by atoms with van der Waals surface area (Å²) in [5.74, 6) is 1.35. The van der Waals surface area contributed by atoms with Crippen molar-refractivity contribution in [1.82, 2.24) is 15.2 Å². The van der Waals surface area contributed by atoms with Gasteiger partial charge in [-0.2, -0.15) is 0 Å². The standard InChI is InChI=1S/C14H23N3O/c1-11(2)13-9-15-6-7-17(13)10-12-4-5-14(18-3)16-8-12/h4-5,8,11,13,15H,6-7,9-10H2,1-3H3. The van der Waals surface area contributed by atoms with Crippen molar-refractivity contribution in [3.8, 4) is 5.88 Å². The Kier molecular flexibility index (Phi) is 4.55. The van der Waals surface area contributed by atoms with E-state index in [0.29, 0.717) is 17.8 Å². The first-order valence-corrected chi connectivity index (χ1v) is 6.64. The lowest BCUT2D eigenvalue weighted by molar-refractivity contribution is 0.117. The smallest absolute Gasteiger partial charge is 0.212 e. The summed E-state index contributed by atoms with van der Waals surface area (Å²) < 4.78 is 5.08. The fraction of sp³-hybridized carbons (Fsp3) is 0.643. The number of nitrogens with zero attached hydrogens (tertiary/aromatic N) is 2. The summed E-state index contributed by atoms with van der Waals surface area (Å²) in [5, 5.41) is 3.47. The van der Waals surface area contributed by atoms with Gasteiger partial charge in [0.2, 0.25) is 5.88 Å². The maximum atomic E-state index is 5.08. The van der Waals surface area contributed by atoms with Crippen molar-refractivity contribution in [2.75, 3.05) is 26.7 Å². The molecular weight excluding hydrogens is 226 g/mol. The van der Waals surface area contributed by atoms with Crippen LogP contribution in [-0.2, 0) is 6.54 Å². The molecule has 18 heavy (non-hydrogen) atoms. The van der Waals surface area contributed by atoms with Gasteiger partial charge >= 0.3 is 0 Å². The molecule has 0 amide bonds. The molecule has 1 aromatic heterocycles. The molecule has 1 atom stereocenters. The lowest BCUT2D eigenvalue weighted by Crippen LogP contribution is -2.52. The SMILES string of the molecule is COc1ccc(CN2CCNCC2C(C)C)cn1. The van der Waals surface area contributed by atoms with Crippen molar-refractivity contribution < 1.29 is 4.74 Å². The number of hydrogen-bond acceptors (Lipinski definition) is 4. The molecule has 1 fully saturated rings. The molecule has 1 N–H and O–H groups in total. The van der Waals surface area contributed by atoms with Gasteiger partial charge in [-0.1, -0.05) is 19.9 Å². The fourth-order valence-electron chi connectivity index (χ4n) is 2.48. The highest BCUT2D eigenvalue weighted by Crippen LogP contribution is 2.17. The van der Waals surface area contributed by atoms with Crippen molar-refractivity contribution in [1.29, 1.82) is 0 Å². The summed E-state index contributed by atoms with van der Waals surface area (Å²) in [6.07, 6.45) is 1.91. The van der Waals surface area contributed by atoms with E-state index in [9.17, 15) is 0 Å². The van der Waals surface area contributed by atoms with Crippen LogP contribution in [0.4, 0.5) is 0 Å². The van der Waals surface area contributed by atoms with Crippen molar-refractivity contribution in [3.05, 3.63) is 23.9 Å². The van der Waals surface area contributed by atoms with Crippen LogP contribution in [-0.4, -0.2) is 42.7 Å². The Labute approximate surface area is 109 Å². The number of nitrogens with one attached hydrogen (secondary N) is 1. The van der Waals surface area contributed by atoms with Gasteiger partial charge < -0.3 is 10.1 Å². The second-order valence-electron chi connectivity index (χ2n) is 5.19.